The summed E-state index contributed by atoms with van der Waals surface area (Å²) in [6.45, 7) is 0. The van der Waals surface area contributed by atoms with Crippen LogP contribution < -0.4 is 15.9 Å². The van der Waals surface area contributed by atoms with Gasteiger partial charge in [-0.25, -0.2) is 0 Å². The Morgan fingerprint density at radius 2 is 0.696 bits per heavy atom. The first-order valence-corrected chi connectivity index (χ1v) is 18.7. The second-order valence-corrected chi connectivity index (χ2v) is 16.6. The third-order valence-corrected chi connectivity index (χ3v) is 14.3. The normalized spacial score (nSPS) is 12.0. The molecule has 0 atom stereocenters. The van der Waals surface area contributed by atoms with Gasteiger partial charge in [0, 0.05) is 56.3 Å². The van der Waals surface area contributed by atoms with Crippen LogP contribution in [0.25, 0.3) is 62.6 Å². The second kappa shape index (κ2) is 10.9. The van der Waals surface area contributed by atoms with Gasteiger partial charge in [0.05, 0.1) is 0 Å². The van der Waals surface area contributed by atoms with Gasteiger partial charge in [-0.2, -0.15) is 0 Å². The molecule has 0 fully saturated rings. The standard InChI is InChI=1S/C42H27OPS2/c43-44(32-12-6-2-7-13-32,33-14-8-3-9-15-33)34-19-23-42-38(27-34)37-26-31(18-22-41(37)46-42)30-17-21-40-36(25-30)35-24-29(16-20-39(35)45-40)28-10-4-1-5-11-28/h1-27H. The maximum absolute atomic E-state index is 15.1. The molecule has 1 nitrogen and oxygen atoms in total. The molecule has 7 aromatic carbocycles. The average Bonchev–Trinajstić information content (AvgIpc) is 3.69. The van der Waals surface area contributed by atoms with Crippen molar-refractivity contribution in [2.75, 3.05) is 0 Å². The molecule has 46 heavy (non-hydrogen) atoms. The molecule has 0 saturated heterocycles. The molecule has 0 radical (unpaired) electrons. The molecule has 0 amide bonds. The number of hydrogen-bond donors (Lipinski definition) is 0. The average molecular weight is 643 g/mol. The zero-order valence-corrected chi connectivity index (χ0v) is 27.3. The lowest BCUT2D eigenvalue weighted by molar-refractivity contribution is 0.592. The van der Waals surface area contributed by atoms with Crippen LogP contribution in [0.1, 0.15) is 0 Å². The van der Waals surface area contributed by atoms with Crippen LogP contribution in [0.15, 0.2) is 164 Å². The maximum atomic E-state index is 15.1. The summed E-state index contributed by atoms with van der Waals surface area (Å²) in [5.74, 6) is 0. The van der Waals surface area contributed by atoms with E-state index in [1.54, 1.807) is 11.3 Å². The van der Waals surface area contributed by atoms with Gasteiger partial charge >= 0.3 is 0 Å². The molecule has 0 spiro atoms. The Kier molecular flexibility index (Phi) is 6.54. The van der Waals surface area contributed by atoms with Gasteiger partial charge in [0.2, 0.25) is 0 Å². The molecule has 0 unspecified atom stereocenters. The Morgan fingerprint density at radius 1 is 0.326 bits per heavy atom. The van der Waals surface area contributed by atoms with Crippen LogP contribution >= 0.6 is 29.8 Å². The fourth-order valence-corrected chi connectivity index (χ4v) is 11.4. The second-order valence-electron chi connectivity index (χ2n) is 11.7. The quantitative estimate of drug-likeness (QED) is 0.171. The summed E-state index contributed by atoms with van der Waals surface area (Å²) < 4.78 is 20.2. The van der Waals surface area contributed by atoms with E-state index >= 15 is 4.57 Å². The van der Waals surface area contributed by atoms with Crippen molar-refractivity contribution in [3.63, 3.8) is 0 Å². The van der Waals surface area contributed by atoms with Crippen molar-refractivity contribution in [1.29, 1.82) is 0 Å². The Labute approximate surface area is 275 Å². The Morgan fingerprint density at radius 3 is 1.15 bits per heavy atom. The molecule has 218 valence electrons. The number of benzene rings is 7. The number of hydrogen-bond acceptors (Lipinski definition) is 3. The first-order chi connectivity index (χ1) is 22.6. The lowest BCUT2D eigenvalue weighted by atomic mass is 9.99. The SMILES string of the molecule is O=P(c1ccccc1)(c1ccccc1)c1ccc2sc3ccc(-c4ccc5sc6ccc(-c7ccccc7)cc6c5c4)cc3c2c1. The highest BCUT2D eigenvalue weighted by molar-refractivity contribution is 7.85. The molecule has 9 aromatic rings. The van der Waals surface area contributed by atoms with Gasteiger partial charge in [-0.3, -0.25) is 0 Å². The van der Waals surface area contributed by atoms with Crippen LogP contribution in [0.2, 0.25) is 0 Å². The summed E-state index contributed by atoms with van der Waals surface area (Å²) in [5, 5.41) is 7.52. The van der Waals surface area contributed by atoms with Gasteiger partial charge in [-0.15, -0.1) is 22.7 Å². The van der Waals surface area contributed by atoms with E-state index in [0.717, 1.165) is 21.3 Å². The first kappa shape index (κ1) is 27.5. The van der Waals surface area contributed by atoms with Crippen molar-refractivity contribution in [3.8, 4) is 22.3 Å². The third kappa shape index (κ3) is 4.47. The summed E-state index contributed by atoms with van der Waals surface area (Å²) in [7, 11) is -3.07. The highest BCUT2D eigenvalue weighted by Crippen LogP contribution is 2.45. The molecule has 0 saturated carbocycles. The van der Waals surface area contributed by atoms with Crippen LogP contribution in [-0.4, -0.2) is 0 Å². The van der Waals surface area contributed by atoms with Crippen molar-refractivity contribution < 1.29 is 4.57 Å². The Hall–Kier alpha value is -4.79. The molecule has 9 rings (SSSR count). The molecule has 0 aliphatic rings. The maximum Gasteiger partial charge on any atom is 0.171 e. The van der Waals surface area contributed by atoms with Crippen molar-refractivity contribution in [2.45, 2.75) is 0 Å². The zero-order valence-electron chi connectivity index (χ0n) is 24.8. The van der Waals surface area contributed by atoms with Crippen molar-refractivity contribution in [3.05, 3.63) is 164 Å². The van der Waals surface area contributed by atoms with Gasteiger partial charge in [0.15, 0.2) is 7.14 Å². The highest BCUT2D eigenvalue weighted by atomic mass is 32.1. The van der Waals surface area contributed by atoms with Crippen molar-refractivity contribution >= 4 is 86.1 Å². The van der Waals surface area contributed by atoms with Crippen LogP contribution in [-0.2, 0) is 4.57 Å². The minimum absolute atomic E-state index is 0.854. The van der Waals surface area contributed by atoms with Crippen LogP contribution in [0.3, 0.4) is 0 Å². The summed E-state index contributed by atoms with van der Waals surface area (Å²) in [5.41, 5.74) is 4.86. The fraction of sp³-hybridized carbons (Fsp3) is 0. The van der Waals surface area contributed by atoms with E-state index in [4.69, 9.17) is 0 Å². The minimum atomic E-state index is -3.07. The van der Waals surface area contributed by atoms with Crippen molar-refractivity contribution in [2.24, 2.45) is 0 Å². The summed E-state index contributed by atoms with van der Waals surface area (Å²) in [6, 6.07) is 57.3. The summed E-state index contributed by atoms with van der Waals surface area (Å²) in [6.07, 6.45) is 0. The zero-order chi connectivity index (χ0) is 30.7. The summed E-state index contributed by atoms with van der Waals surface area (Å²) in [4.78, 5) is 0. The number of thiophene rings is 2. The topological polar surface area (TPSA) is 17.1 Å². The Balaban J connectivity index is 1.19. The predicted molar refractivity (Wildman–Crippen MR) is 202 cm³/mol. The molecule has 0 aliphatic heterocycles. The third-order valence-electron chi connectivity index (χ3n) is 8.97. The molecule has 2 heterocycles. The lowest BCUT2D eigenvalue weighted by Crippen LogP contribution is -2.24. The van der Waals surface area contributed by atoms with E-state index in [2.05, 4.69) is 103 Å². The fourth-order valence-electron chi connectivity index (χ4n) is 6.63. The van der Waals surface area contributed by atoms with Crippen LogP contribution in [0, 0.1) is 0 Å². The molecule has 0 bridgehead atoms. The predicted octanol–water partition coefficient (Wildman–Crippen LogP) is 11.4. The van der Waals surface area contributed by atoms with Gasteiger partial charge in [0.1, 0.15) is 0 Å². The van der Waals surface area contributed by atoms with Crippen LogP contribution in [0.5, 0.6) is 0 Å². The highest BCUT2D eigenvalue weighted by Gasteiger charge is 2.30. The molecular formula is C42H27OPS2. The van der Waals surface area contributed by atoms with E-state index in [1.807, 2.05) is 72.0 Å². The smallest absolute Gasteiger partial charge is 0.171 e. The largest absolute Gasteiger partial charge is 0.309 e. The van der Waals surface area contributed by atoms with E-state index < -0.39 is 7.14 Å². The summed E-state index contributed by atoms with van der Waals surface area (Å²) >= 11 is 3.64. The molecule has 2 aromatic heterocycles. The van der Waals surface area contributed by atoms with Crippen LogP contribution in [0.4, 0.5) is 0 Å². The molecule has 0 aliphatic carbocycles. The molecule has 4 heteroatoms. The van der Waals surface area contributed by atoms with E-state index in [0.29, 0.717) is 0 Å². The number of rotatable bonds is 5. The number of fused-ring (bicyclic) bond motifs is 6. The monoisotopic (exact) mass is 642 g/mol. The van der Waals surface area contributed by atoms with Gasteiger partial charge in [-0.1, -0.05) is 109 Å². The van der Waals surface area contributed by atoms with E-state index in [1.165, 1.54) is 57.2 Å². The molecule has 0 N–H and O–H groups in total. The van der Waals surface area contributed by atoms with Gasteiger partial charge in [0.25, 0.3) is 0 Å². The van der Waals surface area contributed by atoms with Crippen molar-refractivity contribution in [1.82, 2.24) is 0 Å². The Bertz CT molecular complexity index is 2560. The lowest BCUT2D eigenvalue weighted by Gasteiger charge is -2.20. The van der Waals surface area contributed by atoms with Gasteiger partial charge in [-0.05, 0) is 76.9 Å². The van der Waals surface area contributed by atoms with E-state index in [9.17, 15) is 0 Å². The molecular weight excluding hydrogens is 616 g/mol. The van der Waals surface area contributed by atoms with Gasteiger partial charge < -0.3 is 4.57 Å². The minimum Gasteiger partial charge on any atom is -0.309 e. The van der Waals surface area contributed by atoms with E-state index in [-0.39, 0.29) is 0 Å². The first-order valence-electron chi connectivity index (χ1n) is 15.4.